The van der Waals surface area contributed by atoms with E-state index in [0.29, 0.717) is 13.1 Å². The third-order valence-electron chi connectivity index (χ3n) is 2.93. The van der Waals surface area contributed by atoms with Gasteiger partial charge in [-0.05, 0) is 19.7 Å². The number of hydrogen-bond acceptors (Lipinski definition) is 3. The maximum Gasteiger partial charge on any atom is 0.239 e. The van der Waals surface area contributed by atoms with Crippen LogP contribution in [0.1, 0.15) is 12.5 Å². The van der Waals surface area contributed by atoms with E-state index in [1.807, 2.05) is 49.3 Å². The third-order valence-corrected chi connectivity index (χ3v) is 2.93. The molecule has 0 aliphatic rings. The van der Waals surface area contributed by atoms with Crippen LogP contribution in [-0.4, -0.2) is 55.3 Å². The summed E-state index contributed by atoms with van der Waals surface area (Å²) in [6.45, 7) is 3.38. The second-order valence-corrected chi connectivity index (χ2v) is 5.01. The lowest BCUT2D eigenvalue weighted by atomic mass is 10.2. The van der Waals surface area contributed by atoms with Gasteiger partial charge in [-0.3, -0.25) is 9.59 Å². The predicted octanol–water partition coefficient (Wildman–Crippen LogP) is 0.713. The molecule has 1 aromatic carbocycles. The van der Waals surface area contributed by atoms with Gasteiger partial charge in [0.05, 0.1) is 6.54 Å². The number of carbonyl (C=O) groups excluding carboxylic acids is 2. The van der Waals surface area contributed by atoms with Crippen molar-refractivity contribution in [1.29, 1.82) is 0 Å². The molecule has 0 heterocycles. The van der Waals surface area contributed by atoms with E-state index in [9.17, 15) is 9.59 Å². The quantitative estimate of drug-likeness (QED) is 0.799. The van der Waals surface area contributed by atoms with E-state index >= 15 is 0 Å². The molecule has 0 atom stereocenters. The summed E-state index contributed by atoms with van der Waals surface area (Å²) in [5.41, 5.74) is 1.04. The summed E-state index contributed by atoms with van der Waals surface area (Å²) in [5, 5.41) is 2.83. The highest BCUT2D eigenvalue weighted by Gasteiger charge is 2.13. The Labute approximate surface area is 120 Å². The zero-order valence-corrected chi connectivity index (χ0v) is 12.4. The molecule has 0 aliphatic heterocycles. The summed E-state index contributed by atoms with van der Waals surface area (Å²) in [5.74, 6) is -0.218. The summed E-state index contributed by atoms with van der Waals surface area (Å²) in [6.07, 6.45) is 0. The fourth-order valence-corrected chi connectivity index (χ4v) is 1.69. The van der Waals surface area contributed by atoms with Gasteiger partial charge in [-0.2, -0.15) is 0 Å². The number of hydrogen-bond donors (Lipinski definition) is 1. The van der Waals surface area contributed by atoms with Gasteiger partial charge in [0, 0.05) is 26.6 Å². The fourth-order valence-electron chi connectivity index (χ4n) is 1.69. The van der Waals surface area contributed by atoms with E-state index in [2.05, 4.69) is 5.32 Å². The van der Waals surface area contributed by atoms with E-state index in [-0.39, 0.29) is 18.4 Å². The lowest BCUT2D eigenvalue weighted by molar-refractivity contribution is -0.134. The molecule has 20 heavy (non-hydrogen) atoms. The predicted molar refractivity (Wildman–Crippen MR) is 79.1 cm³/mol. The third kappa shape index (κ3) is 6.33. The van der Waals surface area contributed by atoms with Crippen molar-refractivity contribution in [2.45, 2.75) is 13.5 Å². The molecule has 0 saturated heterocycles. The van der Waals surface area contributed by atoms with Crippen LogP contribution in [0, 0.1) is 0 Å². The van der Waals surface area contributed by atoms with Gasteiger partial charge in [-0.15, -0.1) is 0 Å². The molecule has 0 spiro atoms. The van der Waals surface area contributed by atoms with Gasteiger partial charge in [0.2, 0.25) is 11.8 Å². The number of likely N-dealkylation sites (N-methyl/N-ethyl adjacent to an activating group) is 1. The first-order valence-electron chi connectivity index (χ1n) is 6.70. The number of amides is 2. The minimum absolute atomic E-state index is 0.0817. The zero-order chi connectivity index (χ0) is 15.0. The second kappa shape index (κ2) is 8.32. The molecule has 110 valence electrons. The van der Waals surface area contributed by atoms with Crippen LogP contribution in [0.4, 0.5) is 0 Å². The molecule has 0 aliphatic carbocycles. The molecule has 0 radical (unpaired) electrons. The van der Waals surface area contributed by atoms with Crippen LogP contribution in [0.15, 0.2) is 30.3 Å². The van der Waals surface area contributed by atoms with Crippen molar-refractivity contribution in [3.8, 4) is 0 Å². The van der Waals surface area contributed by atoms with Gasteiger partial charge in [0.25, 0.3) is 0 Å². The number of rotatable bonds is 7. The van der Waals surface area contributed by atoms with Crippen molar-refractivity contribution < 1.29 is 9.59 Å². The minimum Gasteiger partial charge on any atom is -0.350 e. The Morgan fingerprint density at radius 1 is 1.10 bits per heavy atom. The van der Waals surface area contributed by atoms with Gasteiger partial charge in [-0.1, -0.05) is 30.3 Å². The molecule has 0 saturated carbocycles. The van der Waals surface area contributed by atoms with E-state index in [1.54, 1.807) is 4.90 Å². The Hall–Kier alpha value is -1.88. The molecular formula is C15H23N3O2. The molecule has 0 unspecified atom stereocenters. The first kappa shape index (κ1) is 16.2. The minimum atomic E-state index is -0.136. The summed E-state index contributed by atoms with van der Waals surface area (Å²) in [6, 6.07) is 9.70. The molecule has 5 nitrogen and oxygen atoms in total. The van der Waals surface area contributed by atoms with Crippen LogP contribution in [0.3, 0.4) is 0 Å². The molecule has 5 heteroatoms. The Kier molecular flexibility index (Phi) is 6.73. The largest absolute Gasteiger partial charge is 0.350 e. The second-order valence-electron chi connectivity index (χ2n) is 5.01. The van der Waals surface area contributed by atoms with Gasteiger partial charge >= 0.3 is 0 Å². The van der Waals surface area contributed by atoms with Crippen molar-refractivity contribution in [3.63, 3.8) is 0 Å². The Bertz CT molecular complexity index is 432. The van der Waals surface area contributed by atoms with Crippen LogP contribution >= 0.6 is 0 Å². The van der Waals surface area contributed by atoms with Crippen molar-refractivity contribution in [2.75, 3.05) is 33.7 Å². The monoisotopic (exact) mass is 277 g/mol. The van der Waals surface area contributed by atoms with Gasteiger partial charge in [0.1, 0.15) is 0 Å². The molecule has 0 bridgehead atoms. The van der Waals surface area contributed by atoms with Crippen molar-refractivity contribution in [1.82, 2.24) is 15.1 Å². The highest BCUT2D eigenvalue weighted by molar-refractivity contribution is 5.83. The Morgan fingerprint density at radius 2 is 1.75 bits per heavy atom. The maximum atomic E-state index is 11.9. The van der Waals surface area contributed by atoms with Gasteiger partial charge in [0.15, 0.2) is 0 Å². The van der Waals surface area contributed by atoms with Gasteiger partial charge < -0.3 is 15.1 Å². The molecule has 1 N–H and O–H groups in total. The van der Waals surface area contributed by atoms with E-state index in [1.165, 1.54) is 6.92 Å². The molecule has 1 aromatic rings. The average Bonchev–Trinajstić information content (AvgIpc) is 2.41. The summed E-state index contributed by atoms with van der Waals surface area (Å²) < 4.78 is 0. The highest BCUT2D eigenvalue weighted by Crippen LogP contribution is 1.97. The lowest BCUT2D eigenvalue weighted by Crippen LogP contribution is -2.42. The lowest BCUT2D eigenvalue weighted by Gasteiger charge is -2.22. The first-order valence-corrected chi connectivity index (χ1v) is 6.70. The highest BCUT2D eigenvalue weighted by atomic mass is 16.2. The SMILES string of the molecule is CC(=O)N(CCN(C)C)CC(=O)NCc1ccccc1. The Morgan fingerprint density at radius 3 is 2.30 bits per heavy atom. The standard InChI is InChI=1S/C15H23N3O2/c1-13(19)18(10-9-17(2)3)12-15(20)16-11-14-7-5-4-6-8-14/h4-8H,9-12H2,1-3H3,(H,16,20). The number of nitrogens with zero attached hydrogens (tertiary/aromatic N) is 2. The number of carbonyl (C=O) groups is 2. The molecular weight excluding hydrogens is 254 g/mol. The van der Waals surface area contributed by atoms with Crippen molar-refractivity contribution in [2.24, 2.45) is 0 Å². The van der Waals surface area contributed by atoms with Crippen LogP contribution in [0.25, 0.3) is 0 Å². The van der Waals surface area contributed by atoms with E-state index in [0.717, 1.165) is 12.1 Å². The van der Waals surface area contributed by atoms with Crippen molar-refractivity contribution >= 4 is 11.8 Å². The molecule has 0 aromatic heterocycles. The zero-order valence-electron chi connectivity index (χ0n) is 12.4. The van der Waals surface area contributed by atoms with Crippen LogP contribution < -0.4 is 5.32 Å². The topological polar surface area (TPSA) is 52.7 Å². The number of benzene rings is 1. The average molecular weight is 277 g/mol. The van der Waals surface area contributed by atoms with Gasteiger partial charge in [-0.25, -0.2) is 0 Å². The summed E-state index contributed by atoms with van der Waals surface area (Å²) >= 11 is 0. The fraction of sp³-hybridized carbons (Fsp3) is 0.467. The molecule has 1 rings (SSSR count). The summed E-state index contributed by atoms with van der Waals surface area (Å²) in [4.78, 5) is 26.9. The normalized spacial score (nSPS) is 10.4. The van der Waals surface area contributed by atoms with E-state index in [4.69, 9.17) is 0 Å². The van der Waals surface area contributed by atoms with E-state index < -0.39 is 0 Å². The Balaban J connectivity index is 2.40. The first-order chi connectivity index (χ1) is 9.49. The van der Waals surface area contributed by atoms with Crippen LogP contribution in [0.5, 0.6) is 0 Å². The smallest absolute Gasteiger partial charge is 0.239 e. The molecule has 2 amide bonds. The molecule has 0 fully saturated rings. The maximum absolute atomic E-state index is 11.9. The van der Waals surface area contributed by atoms with Crippen LogP contribution in [0.2, 0.25) is 0 Å². The van der Waals surface area contributed by atoms with Crippen molar-refractivity contribution in [3.05, 3.63) is 35.9 Å². The summed E-state index contributed by atoms with van der Waals surface area (Å²) in [7, 11) is 3.88. The van der Waals surface area contributed by atoms with Crippen LogP contribution in [-0.2, 0) is 16.1 Å². The number of nitrogens with one attached hydrogen (secondary N) is 1.